The van der Waals surface area contributed by atoms with Gasteiger partial charge in [0, 0.05) is 0 Å². The van der Waals surface area contributed by atoms with Gasteiger partial charge in [0.15, 0.2) is 0 Å². The minimum Gasteiger partial charge on any atom is -0.508 e. The Bertz CT molecular complexity index is 251. The molecule has 0 heterocycles. The van der Waals surface area contributed by atoms with Crippen LogP contribution in [0.3, 0.4) is 0 Å². The molecule has 0 fully saturated rings. The normalized spacial score (nSPS) is 10.2. The van der Waals surface area contributed by atoms with Gasteiger partial charge in [-0.25, -0.2) is 0 Å². The van der Waals surface area contributed by atoms with Gasteiger partial charge in [-0.1, -0.05) is 19.9 Å². The highest BCUT2D eigenvalue weighted by atomic mass is 16.3. The molecule has 1 aromatic carbocycles. The summed E-state index contributed by atoms with van der Waals surface area (Å²) < 4.78 is 0. The smallest absolute Gasteiger partial charge is 0.119 e. The monoisotopic (exact) mass is 164 g/mol. The van der Waals surface area contributed by atoms with E-state index in [2.05, 4.69) is 19.9 Å². The second-order valence-corrected chi connectivity index (χ2v) is 3.11. The fraction of sp³-hybridized carbons (Fsp3) is 0.455. The minimum absolute atomic E-state index is 0.437. The van der Waals surface area contributed by atoms with E-state index in [9.17, 15) is 5.11 Å². The third kappa shape index (κ3) is 1.60. The third-order valence-electron chi connectivity index (χ3n) is 2.30. The first-order valence-electron chi connectivity index (χ1n) is 4.50. The van der Waals surface area contributed by atoms with Crippen LogP contribution in [-0.4, -0.2) is 5.11 Å². The van der Waals surface area contributed by atoms with Crippen LogP contribution in [0.2, 0.25) is 0 Å². The van der Waals surface area contributed by atoms with Crippen molar-refractivity contribution in [1.82, 2.24) is 0 Å². The van der Waals surface area contributed by atoms with Crippen molar-refractivity contribution in [2.45, 2.75) is 33.6 Å². The predicted octanol–water partition coefficient (Wildman–Crippen LogP) is 2.83. The Morgan fingerprint density at radius 1 is 1.08 bits per heavy atom. The highest BCUT2D eigenvalue weighted by Gasteiger charge is 2.02. The molecule has 0 radical (unpaired) electrons. The second kappa shape index (κ2) is 3.61. The summed E-state index contributed by atoms with van der Waals surface area (Å²) in [5.41, 5.74) is 3.58. The van der Waals surface area contributed by atoms with E-state index >= 15 is 0 Å². The Hall–Kier alpha value is -0.980. The molecule has 0 saturated carbocycles. The van der Waals surface area contributed by atoms with Gasteiger partial charge < -0.3 is 5.11 Å². The number of aromatic hydroxyl groups is 1. The van der Waals surface area contributed by atoms with Crippen molar-refractivity contribution < 1.29 is 5.11 Å². The number of phenols is 1. The quantitative estimate of drug-likeness (QED) is 0.712. The molecule has 1 aromatic rings. The minimum atomic E-state index is 0.437. The maximum atomic E-state index is 9.51. The Morgan fingerprint density at radius 3 is 2.17 bits per heavy atom. The van der Waals surface area contributed by atoms with Crippen LogP contribution in [0.4, 0.5) is 0 Å². The lowest BCUT2D eigenvalue weighted by Crippen LogP contribution is -1.90. The van der Waals surface area contributed by atoms with Crippen LogP contribution in [-0.2, 0) is 12.8 Å². The highest BCUT2D eigenvalue weighted by Crippen LogP contribution is 2.22. The fourth-order valence-corrected chi connectivity index (χ4v) is 1.45. The molecule has 1 heteroatoms. The van der Waals surface area contributed by atoms with Gasteiger partial charge in [-0.05, 0) is 42.5 Å². The van der Waals surface area contributed by atoms with Crippen molar-refractivity contribution >= 4 is 0 Å². The summed E-state index contributed by atoms with van der Waals surface area (Å²) >= 11 is 0. The third-order valence-corrected chi connectivity index (χ3v) is 2.30. The van der Waals surface area contributed by atoms with E-state index in [0.717, 1.165) is 18.4 Å². The van der Waals surface area contributed by atoms with E-state index in [0.29, 0.717) is 5.75 Å². The van der Waals surface area contributed by atoms with Crippen LogP contribution < -0.4 is 0 Å². The number of hydrogen-bond donors (Lipinski definition) is 1. The van der Waals surface area contributed by atoms with Crippen molar-refractivity contribution in [2.24, 2.45) is 0 Å². The molecular formula is C11H16O. The molecule has 0 aromatic heterocycles. The number of aryl methyl sites for hydroxylation is 3. The zero-order valence-corrected chi connectivity index (χ0v) is 8.02. The second-order valence-electron chi connectivity index (χ2n) is 3.11. The first-order chi connectivity index (χ1) is 5.69. The van der Waals surface area contributed by atoms with E-state index in [4.69, 9.17) is 0 Å². The maximum Gasteiger partial charge on any atom is 0.119 e. The van der Waals surface area contributed by atoms with Gasteiger partial charge >= 0.3 is 0 Å². The number of phenolic OH excluding ortho intramolecular Hbond substituents is 1. The van der Waals surface area contributed by atoms with E-state index in [-0.39, 0.29) is 0 Å². The number of benzene rings is 1. The zero-order valence-electron chi connectivity index (χ0n) is 8.02. The van der Waals surface area contributed by atoms with Gasteiger partial charge in [-0.2, -0.15) is 0 Å². The maximum absolute atomic E-state index is 9.51. The van der Waals surface area contributed by atoms with Crippen molar-refractivity contribution in [3.63, 3.8) is 0 Å². The van der Waals surface area contributed by atoms with Crippen LogP contribution in [0.25, 0.3) is 0 Å². The Labute approximate surface area is 74.1 Å². The lowest BCUT2D eigenvalue weighted by Gasteiger charge is -2.07. The summed E-state index contributed by atoms with van der Waals surface area (Å²) in [6, 6.07) is 3.96. The zero-order chi connectivity index (χ0) is 9.14. The number of rotatable bonds is 2. The van der Waals surface area contributed by atoms with Crippen molar-refractivity contribution in [3.8, 4) is 5.75 Å². The molecule has 66 valence electrons. The van der Waals surface area contributed by atoms with Crippen molar-refractivity contribution in [2.75, 3.05) is 0 Å². The average molecular weight is 164 g/mol. The molecule has 0 bridgehead atoms. The van der Waals surface area contributed by atoms with Gasteiger partial charge in [0.25, 0.3) is 0 Å². The first kappa shape index (κ1) is 9.11. The molecule has 0 amide bonds. The largest absolute Gasteiger partial charge is 0.508 e. The van der Waals surface area contributed by atoms with Gasteiger partial charge in [0.1, 0.15) is 5.75 Å². The molecule has 1 rings (SSSR count). The molecule has 0 aliphatic carbocycles. The summed E-state index contributed by atoms with van der Waals surface area (Å²) in [6.07, 6.45) is 1.94. The van der Waals surface area contributed by atoms with Crippen molar-refractivity contribution in [3.05, 3.63) is 28.8 Å². The van der Waals surface area contributed by atoms with Crippen LogP contribution in [0.5, 0.6) is 5.75 Å². The van der Waals surface area contributed by atoms with Crippen LogP contribution in [0, 0.1) is 6.92 Å². The lowest BCUT2D eigenvalue weighted by atomic mass is 10.0. The first-order valence-corrected chi connectivity index (χ1v) is 4.50. The van der Waals surface area contributed by atoms with Crippen molar-refractivity contribution in [1.29, 1.82) is 0 Å². The Balaban J connectivity index is 3.18. The highest BCUT2D eigenvalue weighted by molar-refractivity contribution is 5.41. The van der Waals surface area contributed by atoms with E-state index in [1.807, 2.05) is 13.0 Å². The van der Waals surface area contributed by atoms with Crippen LogP contribution in [0.15, 0.2) is 12.1 Å². The molecular weight excluding hydrogens is 148 g/mol. The molecule has 0 saturated heterocycles. The van der Waals surface area contributed by atoms with Gasteiger partial charge in [0.05, 0.1) is 0 Å². The molecule has 0 aliphatic rings. The number of hydrogen-bond acceptors (Lipinski definition) is 1. The Morgan fingerprint density at radius 2 is 1.67 bits per heavy atom. The SMILES string of the molecule is CCc1cc(CC)c(O)cc1C. The van der Waals surface area contributed by atoms with Gasteiger partial charge in [-0.15, -0.1) is 0 Å². The van der Waals surface area contributed by atoms with E-state index < -0.39 is 0 Å². The summed E-state index contributed by atoms with van der Waals surface area (Å²) in [6.45, 7) is 6.24. The molecule has 1 N–H and O–H groups in total. The molecule has 1 nitrogen and oxygen atoms in total. The summed E-state index contributed by atoms with van der Waals surface area (Å²) in [4.78, 5) is 0. The van der Waals surface area contributed by atoms with Gasteiger partial charge in [0.2, 0.25) is 0 Å². The summed E-state index contributed by atoms with van der Waals surface area (Å²) in [7, 11) is 0. The van der Waals surface area contributed by atoms with Gasteiger partial charge in [-0.3, -0.25) is 0 Å². The molecule has 0 spiro atoms. The summed E-state index contributed by atoms with van der Waals surface area (Å²) in [5, 5.41) is 9.51. The average Bonchev–Trinajstić information content (AvgIpc) is 2.05. The van der Waals surface area contributed by atoms with E-state index in [1.54, 1.807) is 0 Å². The lowest BCUT2D eigenvalue weighted by molar-refractivity contribution is 0.468. The molecule has 0 aliphatic heterocycles. The summed E-state index contributed by atoms with van der Waals surface area (Å²) in [5.74, 6) is 0.437. The van der Waals surface area contributed by atoms with E-state index in [1.165, 1.54) is 11.1 Å². The topological polar surface area (TPSA) is 20.2 Å². The molecule has 0 unspecified atom stereocenters. The fourth-order valence-electron chi connectivity index (χ4n) is 1.45. The molecule has 12 heavy (non-hydrogen) atoms. The van der Waals surface area contributed by atoms with Crippen LogP contribution >= 0.6 is 0 Å². The molecule has 0 atom stereocenters. The standard InChI is InChI=1S/C11H16O/c1-4-9-7-10(5-2)11(12)6-8(9)3/h6-7,12H,4-5H2,1-3H3. The van der Waals surface area contributed by atoms with Crippen LogP contribution in [0.1, 0.15) is 30.5 Å². The predicted molar refractivity (Wildman–Crippen MR) is 51.6 cm³/mol. The Kier molecular flexibility index (Phi) is 2.74.